The molecule has 1 saturated carbocycles. The molecule has 1 atom stereocenters. The Hall–Kier alpha value is -2.55. The molecule has 180 valence electrons. The molecule has 2 aliphatic rings. The lowest BCUT2D eigenvalue weighted by Gasteiger charge is -2.28. The number of rotatable bonds is 7. The molecule has 0 heterocycles. The van der Waals surface area contributed by atoms with E-state index in [9.17, 15) is 4.39 Å². The number of allylic oxidation sites excluding steroid dienone is 6. The summed E-state index contributed by atoms with van der Waals surface area (Å²) in [5.74, 6) is -1.01. The van der Waals surface area contributed by atoms with E-state index in [0.717, 1.165) is 56.9 Å². The monoisotopic (exact) mass is 464 g/mol. The van der Waals surface area contributed by atoms with Gasteiger partial charge < -0.3 is 0 Å². The molecule has 0 aliphatic heterocycles. The minimum Gasteiger partial charge on any atom is -0.211 e. The molecule has 0 amide bonds. The highest BCUT2D eigenvalue weighted by atomic mass is 19.2. The fourth-order valence-corrected chi connectivity index (χ4v) is 5.32. The van der Waals surface area contributed by atoms with E-state index in [1.807, 2.05) is 37.3 Å². The molecular formula is C31H35F3. The van der Waals surface area contributed by atoms with Crippen molar-refractivity contribution in [2.45, 2.75) is 71.1 Å². The summed E-state index contributed by atoms with van der Waals surface area (Å²) in [6.45, 7) is 4.14. The molecule has 2 aromatic rings. The van der Waals surface area contributed by atoms with Crippen LogP contribution in [0, 0.1) is 23.5 Å². The van der Waals surface area contributed by atoms with Crippen LogP contribution in [0.5, 0.6) is 0 Å². The predicted molar refractivity (Wildman–Crippen MR) is 135 cm³/mol. The second kappa shape index (κ2) is 11.3. The maximum Gasteiger partial charge on any atom is 0.166 e. The SMILES string of the molecule is CCCc1ccc(-c2ccc(C3CCC(/C=C/C4=CC[C@H](CC)C(F)=C4)CC3)c(F)c2F)cc1. The standard InChI is InChI=1S/C31H35F3/c1-3-5-21-8-14-25(15-9-21)27-18-19-28(31(34)30(27)33)26-16-10-22(11-17-26)6-7-23-12-13-24(4-2)29(32)20-23/h6-9,12,14-15,18-20,22,24,26H,3-5,10-11,13,16-17H2,1-2H3/b7-6+/t22?,24-,26?/m0/s1. The van der Waals surface area contributed by atoms with Gasteiger partial charge in [0.05, 0.1) is 0 Å². The van der Waals surface area contributed by atoms with Crippen LogP contribution < -0.4 is 0 Å². The largest absolute Gasteiger partial charge is 0.211 e. The minimum absolute atomic E-state index is 0.0220. The van der Waals surface area contributed by atoms with Gasteiger partial charge in [0.25, 0.3) is 0 Å². The van der Waals surface area contributed by atoms with Gasteiger partial charge in [0.2, 0.25) is 0 Å². The Labute approximate surface area is 202 Å². The average molecular weight is 465 g/mol. The molecule has 0 aromatic heterocycles. The van der Waals surface area contributed by atoms with E-state index in [1.165, 1.54) is 5.56 Å². The molecule has 0 saturated heterocycles. The summed E-state index contributed by atoms with van der Waals surface area (Å²) < 4.78 is 44.2. The first-order valence-corrected chi connectivity index (χ1v) is 12.8. The second-order valence-electron chi connectivity index (χ2n) is 9.82. The van der Waals surface area contributed by atoms with Crippen LogP contribution in [0.25, 0.3) is 11.1 Å². The molecule has 34 heavy (non-hydrogen) atoms. The van der Waals surface area contributed by atoms with Crippen molar-refractivity contribution in [3.8, 4) is 11.1 Å². The van der Waals surface area contributed by atoms with Crippen LogP contribution in [0.15, 0.2) is 72.1 Å². The highest BCUT2D eigenvalue weighted by Crippen LogP contribution is 2.39. The zero-order chi connectivity index (χ0) is 24.1. The van der Waals surface area contributed by atoms with E-state index >= 15 is 8.78 Å². The van der Waals surface area contributed by atoms with Gasteiger partial charge in [-0.25, -0.2) is 13.2 Å². The first-order valence-electron chi connectivity index (χ1n) is 12.8. The summed E-state index contributed by atoms with van der Waals surface area (Å²) in [4.78, 5) is 0. The van der Waals surface area contributed by atoms with Gasteiger partial charge in [0.1, 0.15) is 5.83 Å². The number of benzene rings is 2. The fraction of sp³-hybridized carbons (Fsp3) is 0.419. The van der Waals surface area contributed by atoms with Gasteiger partial charge in [-0.1, -0.05) is 74.9 Å². The second-order valence-corrected chi connectivity index (χ2v) is 9.82. The van der Waals surface area contributed by atoms with E-state index < -0.39 is 11.6 Å². The summed E-state index contributed by atoms with van der Waals surface area (Å²) in [7, 11) is 0. The van der Waals surface area contributed by atoms with Gasteiger partial charge in [0.15, 0.2) is 11.6 Å². The topological polar surface area (TPSA) is 0 Å². The molecular weight excluding hydrogens is 429 g/mol. The molecule has 0 spiro atoms. The molecule has 0 radical (unpaired) electrons. The van der Waals surface area contributed by atoms with E-state index in [2.05, 4.69) is 19.1 Å². The third-order valence-corrected chi connectivity index (χ3v) is 7.51. The fourth-order valence-electron chi connectivity index (χ4n) is 5.32. The number of hydrogen-bond donors (Lipinski definition) is 0. The molecule has 0 nitrogen and oxygen atoms in total. The Morgan fingerprint density at radius 3 is 2.26 bits per heavy atom. The first-order chi connectivity index (χ1) is 16.5. The predicted octanol–water partition coefficient (Wildman–Crippen LogP) is 9.62. The van der Waals surface area contributed by atoms with Gasteiger partial charge in [-0.3, -0.25) is 0 Å². The van der Waals surface area contributed by atoms with Crippen molar-refractivity contribution in [2.24, 2.45) is 11.8 Å². The highest BCUT2D eigenvalue weighted by Gasteiger charge is 2.26. The Balaban J connectivity index is 1.39. The molecule has 1 fully saturated rings. The van der Waals surface area contributed by atoms with Crippen molar-refractivity contribution in [1.82, 2.24) is 0 Å². The maximum absolute atomic E-state index is 15.1. The Kier molecular flexibility index (Phi) is 8.13. The van der Waals surface area contributed by atoms with Crippen molar-refractivity contribution < 1.29 is 13.2 Å². The molecule has 2 aliphatic carbocycles. The number of halogens is 3. The molecule has 3 heteroatoms. The quantitative estimate of drug-likeness (QED) is 0.383. The third-order valence-electron chi connectivity index (χ3n) is 7.51. The van der Waals surface area contributed by atoms with Crippen LogP contribution in [-0.4, -0.2) is 0 Å². The van der Waals surface area contributed by atoms with Crippen molar-refractivity contribution >= 4 is 0 Å². The van der Waals surface area contributed by atoms with E-state index in [1.54, 1.807) is 18.2 Å². The van der Waals surface area contributed by atoms with Crippen LogP contribution in [0.2, 0.25) is 0 Å². The van der Waals surface area contributed by atoms with Crippen LogP contribution >= 0.6 is 0 Å². The van der Waals surface area contributed by atoms with Crippen molar-refractivity contribution in [1.29, 1.82) is 0 Å². The van der Waals surface area contributed by atoms with Gasteiger partial charge in [-0.15, -0.1) is 0 Å². The summed E-state index contributed by atoms with van der Waals surface area (Å²) in [5.41, 5.74) is 3.69. The van der Waals surface area contributed by atoms with E-state index in [0.29, 0.717) is 22.6 Å². The van der Waals surface area contributed by atoms with Crippen molar-refractivity contribution in [3.63, 3.8) is 0 Å². The lowest BCUT2D eigenvalue weighted by Crippen LogP contribution is -2.14. The van der Waals surface area contributed by atoms with Crippen molar-refractivity contribution in [3.05, 3.63) is 94.9 Å². The lowest BCUT2D eigenvalue weighted by molar-refractivity contribution is 0.364. The van der Waals surface area contributed by atoms with Gasteiger partial charge in [-0.2, -0.15) is 0 Å². The molecule has 2 aromatic carbocycles. The Bertz CT molecular complexity index is 1070. The minimum atomic E-state index is -0.744. The third kappa shape index (κ3) is 5.56. The van der Waals surface area contributed by atoms with Crippen LogP contribution in [0.3, 0.4) is 0 Å². The molecule has 0 bridgehead atoms. The van der Waals surface area contributed by atoms with Crippen LogP contribution in [-0.2, 0) is 6.42 Å². The Morgan fingerprint density at radius 2 is 1.62 bits per heavy atom. The normalized spacial score (nSPS) is 23.1. The Morgan fingerprint density at radius 1 is 0.882 bits per heavy atom. The van der Waals surface area contributed by atoms with E-state index in [4.69, 9.17) is 0 Å². The number of aryl methyl sites for hydroxylation is 1. The van der Waals surface area contributed by atoms with E-state index in [-0.39, 0.29) is 17.7 Å². The van der Waals surface area contributed by atoms with Gasteiger partial charge in [0, 0.05) is 11.5 Å². The average Bonchev–Trinajstić information content (AvgIpc) is 2.86. The summed E-state index contributed by atoms with van der Waals surface area (Å²) in [6.07, 6.45) is 15.1. The highest BCUT2D eigenvalue weighted by molar-refractivity contribution is 5.65. The van der Waals surface area contributed by atoms with Crippen LogP contribution in [0.1, 0.15) is 75.8 Å². The zero-order valence-corrected chi connectivity index (χ0v) is 20.3. The molecule has 0 N–H and O–H groups in total. The zero-order valence-electron chi connectivity index (χ0n) is 20.3. The van der Waals surface area contributed by atoms with Crippen molar-refractivity contribution in [2.75, 3.05) is 0 Å². The number of hydrogen-bond acceptors (Lipinski definition) is 0. The lowest BCUT2D eigenvalue weighted by atomic mass is 9.78. The van der Waals surface area contributed by atoms with Gasteiger partial charge >= 0.3 is 0 Å². The first kappa shape index (κ1) is 24.6. The van der Waals surface area contributed by atoms with Crippen LogP contribution in [0.4, 0.5) is 13.2 Å². The maximum atomic E-state index is 15.1. The molecule has 4 rings (SSSR count). The smallest absolute Gasteiger partial charge is 0.166 e. The summed E-state index contributed by atoms with van der Waals surface area (Å²) in [6, 6.07) is 11.3. The summed E-state index contributed by atoms with van der Waals surface area (Å²) in [5, 5.41) is 0. The molecule has 0 unspecified atom stereocenters. The van der Waals surface area contributed by atoms with Gasteiger partial charge in [-0.05, 0) is 85.1 Å². The summed E-state index contributed by atoms with van der Waals surface area (Å²) >= 11 is 0.